The van der Waals surface area contributed by atoms with Crippen molar-refractivity contribution >= 4 is 5.97 Å². The standard InChI is InChI=1S/C12H18N2O3/c1-5-9-8(10(15)16)7-13-11(14-9)12(3,6-2)17-4/h7H,5-6H2,1-4H3,(H,15,16). The van der Waals surface area contributed by atoms with Gasteiger partial charge < -0.3 is 9.84 Å². The van der Waals surface area contributed by atoms with Crippen LogP contribution in [-0.4, -0.2) is 28.2 Å². The van der Waals surface area contributed by atoms with Gasteiger partial charge in [0, 0.05) is 13.3 Å². The van der Waals surface area contributed by atoms with Crippen LogP contribution in [0.4, 0.5) is 0 Å². The molecule has 0 aliphatic heterocycles. The Bertz CT molecular complexity index is 414. The largest absolute Gasteiger partial charge is 0.478 e. The number of aromatic carboxylic acids is 1. The van der Waals surface area contributed by atoms with Crippen LogP contribution in [0.15, 0.2) is 6.20 Å². The lowest BCUT2D eigenvalue weighted by molar-refractivity contribution is -0.00923. The topological polar surface area (TPSA) is 72.3 Å². The molecular weight excluding hydrogens is 220 g/mol. The van der Waals surface area contributed by atoms with Crippen LogP contribution in [0.1, 0.15) is 49.1 Å². The molecule has 1 rings (SSSR count). The Morgan fingerprint density at radius 1 is 1.53 bits per heavy atom. The zero-order valence-corrected chi connectivity index (χ0v) is 10.6. The molecule has 0 bridgehead atoms. The van der Waals surface area contributed by atoms with Crippen molar-refractivity contribution in [2.45, 2.75) is 39.2 Å². The smallest absolute Gasteiger partial charge is 0.339 e. The number of aromatic nitrogens is 2. The zero-order valence-electron chi connectivity index (χ0n) is 10.6. The minimum Gasteiger partial charge on any atom is -0.478 e. The van der Waals surface area contributed by atoms with E-state index in [-0.39, 0.29) is 5.56 Å². The summed E-state index contributed by atoms with van der Waals surface area (Å²) < 4.78 is 5.40. The third-order valence-corrected chi connectivity index (χ3v) is 3.03. The predicted molar refractivity (Wildman–Crippen MR) is 63.0 cm³/mol. The SMILES string of the molecule is CCc1nc(C(C)(CC)OC)ncc1C(=O)O. The normalized spacial score (nSPS) is 14.4. The molecule has 94 valence electrons. The summed E-state index contributed by atoms with van der Waals surface area (Å²) in [5.41, 5.74) is 0.131. The van der Waals surface area contributed by atoms with Crippen molar-refractivity contribution in [1.29, 1.82) is 0 Å². The van der Waals surface area contributed by atoms with E-state index in [4.69, 9.17) is 9.84 Å². The van der Waals surface area contributed by atoms with E-state index in [2.05, 4.69) is 9.97 Å². The highest BCUT2D eigenvalue weighted by molar-refractivity contribution is 5.88. The number of hydrogen-bond donors (Lipinski definition) is 1. The zero-order chi connectivity index (χ0) is 13.1. The number of nitrogens with zero attached hydrogens (tertiary/aromatic N) is 2. The number of rotatable bonds is 5. The van der Waals surface area contributed by atoms with Gasteiger partial charge in [-0.15, -0.1) is 0 Å². The molecule has 5 nitrogen and oxygen atoms in total. The predicted octanol–water partition coefficient (Wildman–Crippen LogP) is 2.01. The molecule has 0 amide bonds. The van der Waals surface area contributed by atoms with Gasteiger partial charge in [-0.05, 0) is 19.8 Å². The van der Waals surface area contributed by atoms with Crippen LogP contribution < -0.4 is 0 Å². The van der Waals surface area contributed by atoms with Crippen LogP contribution in [0.2, 0.25) is 0 Å². The summed E-state index contributed by atoms with van der Waals surface area (Å²) in [6, 6.07) is 0. The van der Waals surface area contributed by atoms with Crippen LogP contribution in [0.3, 0.4) is 0 Å². The fourth-order valence-electron chi connectivity index (χ4n) is 1.51. The number of aryl methyl sites for hydroxylation is 1. The van der Waals surface area contributed by atoms with Crippen LogP contribution in [0, 0.1) is 0 Å². The van der Waals surface area contributed by atoms with Crippen molar-refractivity contribution in [3.8, 4) is 0 Å². The first-order valence-corrected chi connectivity index (χ1v) is 5.63. The van der Waals surface area contributed by atoms with E-state index in [1.54, 1.807) is 7.11 Å². The van der Waals surface area contributed by atoms with Gasteiger partial charge in [-0.3, -0.25) is 0 Å². The molecule has 17 heavy (non-hydrogen) atoms. The lowest BCUT2D eigenvalue weighted by atomic mass is 10.0. The van der Waals surface area contributed by atoms with Crippen molar-refractivity contribution in [2.75, 3.05) is 7.11 Å². The molecule has 0 aromatic carbocycles. The third-order valence-electron chi connectivity index (χ3n) is 3.03. The molecule has 1 aromatic rings. The van der Waals surface area contributed by atoms with Gasteiger partial charge in [0.1, 0.15) is 5.60 Å². The van der Waals surface area contributed by atoms with Crippen molar-refractivity contribution in [3.05, 3.63) is 23.3 Å². The number of ether oxygens (including phenoxy) is 1. The molecule has 0 aliphatic rings. The van der Waals surface area contributed by atoms with E-state index in [9.17, 15) is 4.79 Å². The van der Waals surface area contributed by atoms with Gasteiger partial charge in [0.2, 0.25) is 0 Å². The summed E-state index contributed by atoms with van der Waals surface area (Å²) in [5.74, 6) is -0.464. The summed E-state index contributed by atoms with van der Waals surface area (Å²) >= 11 is 0. The number of hydrogen-bond acceptors (Lipinski definition) is 4. The molecule has 0 fully saturated rings. The van der Waals surface area contributed by atoms with E-state index < -0.39 is 11.6 Å². The summed E-state index contributed by atoms with van der Waals surface area (Å²) in [7, 11) is 1.60. The van der Waals surface area contributed by atoms with Gasteiger partial charge in [-0.1, -0.05) is 13.8 Å². The average Bonchev–Trinajstić information content (AvgIpc) is 2.36. The molecule has 1 aromatic heterocycles. The summed E-state index contributed by atoms with van der Waals surface area (Å²) in [5, 5.41) is 8.99. The Labute approximate surface area is 101 Å². The second-order valence-corrected chi connectivity index (χ2v) is 4.00. The number of carboxylic acid groups (broad SMARTS) is 1. The Balaban J connectivity index is 3.26. The Morgan fingerprint density at radius 2 is 2.18 bits per heavy atom. The minimum atomic E-state index is -0.996. The number of carboxylic acids is 1. The van der Waals surface area contributed by atoms with E-state index in [0.29, 0.717) is 17.9 Å². The molecule has 0 aliphatic carbocycles. The number of methoxy groups -OCH3 is 1. The molecular formula is C12H18N2O3. The molecule has 1 heterocycles. The Kier molecular flexibility index (Phi) is 4.17. The molecule has 0 saturated heterocycles. The van der Waals surface area contributed by atoms with Gasteiger partial charge in [-0.2, -0.15) is 0 Å². The van der Waals surface area contributed by atoms with Crippen molar-refractivity contribution in [2.24, 2.45) is 0 Å². The molecule has 5 heteroatoms. The lowest BCUT2D eigenvalue weighted by Crippen LogP contribution is -2.27. The Morgan fingerprint density at radius 3 is 2.59 bits per heavy atom. The molecule has 1 N–H and O–H groups in total. The highest BCUT2D eigenvalue weighted by atomic mass is 16.5. The molecule has 0 saturated carbocycles. The van der Waals surface area contributed by atoms with Crippen molar-refractivity contribution < 1.29 is 14.6 Å². The molecule has 0 radical (unpaired) electrons. The molecule has 0 spiro atoms. The van der Waals surface area contributed by atoms with E-state index in [1.807, 2.05) is 20.8 Å². The minimum absolute atomic E-state index is 0.158. The van der Waals surface area contributed by atoms with Crippen LogP contribution in [0.5, 0.6) is 0 Å². The maximum Gasteiger partial charge on any atom is 0.339 e. The van der Waals surface area contributed by atoms with E-state index in [1.165, 1.54) is 6.20 Å². The van der Waals surface area contributed by atoms with E-state index >= 15 is 0 Å². The van der Waals surface area contributed by atoms with E-state index in [0.717, 1.165) is 6.42 Å². The number of carbonyl (C=O) groups is 1. The fraction of sp³-hybridized carbons (Fsp3) is 0.583. The van der Waals surface area contributed by atoms with Gasteiger partial charge in [0.05, 0.1) is 11.3 Å². The monoisotopic (exact) mass is 238 g/mol. The first kappa shape index (κ1) is 13.6. The summed E-state index contributed by atoms with van der Waals surface area (Å²) in [6.45, 7) is 5.74. The third kappa shape index (κ3) is 2.61. The second-order valence-electron chi connectivity index (χ2n) is 4.00. The second kappa shape index (κ2) is 5.23. The molecule has 1 unspecified atom stereocenters. The van der Waals surface area contributed by atoms with Gasteiger partial charge in [-0.25, -0.2) is 14.8 Å². The van der Waals surface area contributed by atoms with Crippen LogP contribution >= 0.6 is 0 Å². The highest BCUT2D eigenvalue weighted by Crippen LogP contribution is 2.25. The first-order chi connectivity index (χ1) is 7.98. The van der Waals surface area contributed by atoms with Crippen molar-refractivity contribution in [3.63, 3.8) is 0 Å². The lowest BCUT2D eigenvalue weighted by Gasteiger charge is -2.25. The van der Waals surface area contributed by atoms with Crippen molar-refractivity contribution in [1.82, 2.24) is 9.97 Å². The maximum absolute atomic E-state index is 11.0. The summed E-state index contributed by atoms with van der Waals surface area (Å²) in [4.78, 5) is 19.4. The highest BCUT2D eigenvalue weighted by Gasteiger charge is 2.28. The van der Waals surface area contributed by atoms with Crippen LogP contribution in [0.25, 0.3) is 0 Å². The Hall–Kier alpha value is -1.49. The average molecular weight is 238 g/mol. The van der Waals surface area contributed by atoms with Gasteiger partial charge in [0.25, 0.3) is 0 Å². The van der Waals surface area contributed by atoms with Crippen LogP contribution in [-0.2, 0) is 16.8 Å². The van der Waals surface area contributed by atoms with Gasteiger partial charge in [0.15, 0.2) is 5.82 Å². The molecule has 1 atom stereocenters. The first-order valence-electron chi connectivity index (χ1n) is 5.63. The fourth-order valence-corrected chi connectivity index (χ4v) is 1.51. The quantitative estimate of drug-likeness (QED) is 0.849. The summed E-state index contributed by atoms with van der Waals surface area (Å²) in [6.07, 6.45) is 2.64. The maximum atomic E-state index is 11.0. The van der Waals surface area contributed by atoms with Gasteiger partial charge >= 0.3 is 5.97 Å².